The largest absolute Gasteiger partial charge is 0.481 e. The maximum Gasteiger partial charge on any atom is 0.407 e. The number of ether oxygens (including phenoxy) is 1. The third-order valence-electron chi connectivity index (χ3n) is 11.2. The number of hydrogen-bond acceptors (Lipinski definition) is 9. The summed E-state index contributed by atoms with van der Waals surface area (Å²) in [5.41, 5.74) is 1.60. The molecule has 0 bridgehead atoms. The summed E-state index contributed by atoms with van der Waals surface area (Å²) in [5, 5.41) is 17.1. The third kappa shape index (κ3) is 11.6. The van der Waals surface area contributed by atoms with Crippen molar-refractivity contribution in [3.8, 4) is 0 Å². The Hall–Kier alpha value is -3.84. The fraction of sp³-hybridized carbons (Fsp3) is 0.650. The number of carbonyl (C=O) groups is 5. The highest BCUT2D eigenvalue weighted by atomic mass is 32.1. The average Bonchev–Trinajstić information content (AvgIpc) is 3.75. The molecule has 1 aliphatic heterocycles. The first kappa shape index (κ1) is 43.6. The van der Waals surface area contributed by atoms with Gasteiger partial charge in [0.05, 0.1) is 11.5 Å². The van der Waals surface area contributed by atoms with Crippen molar-refractivity contribution in [3.05, 3.63) is 51.5 Å². The second kappa shape index (κ2) is 19.5. The molecular formula is C40H61N5O7S. The Morgan fingerprint density at radius 2 is 1.75 bits per heavy atom. The number of hydrogen-bond donors (Lipinski definition) is 3. The molecule has 13 heteroatoms. The van der Waals surface area contributed by atoms with Crippen LogP contribution in [-0.2, 0) is 25.5 Å². The Labute approximate surface area is 319 Å². The minimum atomic E-state index is -0.945. The summed E-state index contributed by atoms with van der Waals surface area (Å²) in [4.78, 5) is 74.4. The Morgan fingerprint density at radius 1 is 1.09 bits per heavy atom. The number of likely N-dealkylation sites (tertiary alicyclic amines) is 1. The maximum atomic E-state index is 14.3. The SMILES string of the molecule is CC[C@H](C)[C@H](CC(=O)[C@@]1(C)CCCN1C)C(=O)N(C)[C@H](C[C@@H](OC(=O)NC)c1nc(C(=O)N[C@@H](Cc2ccc(C)cc2)C[C@H](C)C(=O)O)cs1)C(C)C. The molecular weight excluding hydrogens is 695 g/mol. The molecule has 2 aromatic rings. The number of aliphatic carboxylic acids is 1. The number of benzene rings is 1. The molecule has 2 heterocycles. The molecule has 294 valence electrons. The van der Waals surface area contributed by atoms with Crippen molar-refractivity contribution in [1.29, 1.82) is 0 Å². The van der Waals surface area contributed by atoms with E-state index in [-0.39, 0.29) is 54.5 Å². The summed E-state index contributed by atoms with van der Waals surface area (Å²) in [5.74, 6) is -2.70. The summed E-state index contributed by atoms with van der Waals surface area (Å²) in [6.07, 6.45) is 1.95. The molecule has 3 amide bonds. The predicted molar refractivity (Wildman–Crippen MR) is 207 cm³/mol. The van der Waals surface area contributed by atoms with Crippen LogP contribution in [0.3, 0.4) is 0 Å². The molecule has 53 heavy (non-hydrogen) atoms. The van der Waals surface area contributed by atoms with E-state index >= 15 is 0 Å². The summed E-state index contributed by atoms with van der Waals surface area (Å²) in [6, 6.07) is 7.02. The fourth-order valence-corrected chi connectivity index (χ4v) is 7.96. The van der Waals surface area contributed by atoms with Gasteiger partial charge in [-0.1, -0.05) is 70.9 Å². The van der Waals surface area contributed by atoms with Crippen molar-refractivity contribution >= 4 is 41.0 Å². The predicted octanol–water partition coefficient (Wildman–Crippen LogP) is 6.28. The highest BCUT2D eigenvalue weighted by Crippen LogP contribution is 2.35. The van der Waals surface area contributed by atoms with Crippen LogP contribution in [0.4, 0.5) is 4.79 Å². The van der Waals surface area contributed by atoms with E-state index in [0.717, 1.165) is 36.9 Å². The summed E-state index contributed by atoms with van der Waals surface area (Å²) in [6.45, 7) is 14.5. The maximum absolute atomic E-state index is 14.3. The van der Waals surface area contributed by atoms with Crippen LogP contribution in [0.25, 0.3) is 0 Å². The van der Waals surface area contributed by atoms with Crippen LogP contribution in [0, 0.1) is 30.6 Å². The van der Waals surface area contributed by atoms with Crippen LogP contribution in [-0.4, -0.2) is 94.9 Å². The molecule has 0 unspecified atom stereocenters. The van der Waals surface area contributed by atoms with Crippen molar-refractivity contribution in [3.63, 3.8) is 0 Å². The number of alkyl carbamates (subject to hydrolysis) is 1. The van der Waals surface area contributed by atoms with Gasteiger partial charge in [-0.25, -0.2) is 9.78 Å². The molecule has 0 radical (unpaired) electrons. The van der Waals surface area contributed by atoms with Gasteiger partial charge in [-0.15, -0.1) is 11.3 Å². The normalized spacial score (nSPS) is 19.5. The number of nitrogens with one attached hydrogen (secondary N) is 2. The zero-order chi connectivity index (χ0) is 39.6. The van der Waals surface area contributed by atoms with Gasteiger partial charge >= 0.3 is 12.1 Å². The number of aryl methyl sites for hydroxylation is 1. The van der Waals surface area contributed by atoms with Gasteiger partial charge in [-0.05, 0) is 70.5 Å². The number of thiazole rings is 1. The number of amides is 3. The molecule has 1 aliphatic rings. The number of aromatic nitrogens is 1. The minimum Gasteiger partial charge on any atom is -0.481 e. The minimum absolute atomic E-state index is 0.0247. The topological polar surface area (TPSA) is 158 Å². The summed E-state index contributed by atoms with van der Waals surface area (Å²) < 4.78 is 5.83. The van der Waals surface area contributed by atoms with E-state index in [1.165, 1.54) is 18.4 Å². The standard InChI is InChI=1S/C40H61N5O7S/c1-11-26(5)30(21-34(46)40(7)17-12-18-44(40)9)37(48)45(10)32(24(2)3)22-33(52-39(51)41-8)36-43-31(23-53-36)35(47)42-29(19-27(6)38(49)50)20-28-15-13-25(4)14-16-28/h13-16,23-24,26-27,29-30,32-33H,11-12,17-22H2,1-10H3,(H,41,51)(H,42,47)(H,49,50)/t26-,27-,29+,30-,32+,33+,40+/m0/s1. The Kier molecular flexibility index (Phi) is 16.0. The Bertz CT molecular complexity index is 1560. The van der Waals surface area contributed by atoms with Gasteiger partial charge < -0.3 is 25.4 Å². The lowest BCUT2D eigenvalue weighted by Gasteiger charge is -2.38. The number of carboxylic acid groups (broad SMARTS) is 1. The molecule has 7 atom stereocenters. The number of carbonyl (C=O) groups excluding carboxylic acids is 4. The monoisotopic (exact) mass is 755 g/mol. The van der Waals surface area contributed by atoms with Gasteiger partial charge in [0.1, 0.15) is 10.7 Å². The van der Waals surface area contributed by atoms with E-state index in [1.807, 2.05) is 72.9 Å². The fourth-order valence-electron chi connectivity index (χ4n) is 7.12. The quantitative estimate of drug-likeness (QED) is 0.150. The molecule has 1 aromatic heterocycles. The van der Waals surface area contributed by atoms with Crippen LogP contribution in [0.2, 0.25) is 0 Å². The van der Waals surface area contributed by atoms with Crippen LogP contribution in [0.15, 0.2) is 29.6 Å². The first-order valence-electron chi connectivity index (χ1n) is 18.9. The van der Waals surface area contributed by atoms with Crippen LogP contribution < -0.4 is 10.6 Å². The van der Waals surface area contributed by atoms with Crippen molar-refractivity contribution in [2.75, 3.05) is 27.7 Å². The van der Waals surface area contributed by atoms with Gasteiger partial charge in [0, 0.05) is 50.3 Å². The average molecular weight is 756 g/mol. The van der Waals surface area contributed by atoms with E-state index in [9.17, 15) is 29.1 Å². The molecule has 3 N–H and O–H groups in total. The van der Waals surface area contributed by atoms with Crippen molar-refractivity contribution in [2.24, 2.45) is 23.7 Å². The van der Waals surface area contributed by atoms with Crippen LogP contribution in [0.5, 0.6) is 0 Å². The highest BCUT2D eigenvalue weighted by molar-refractivity contribution is 7.09. The number of likely N-dealkylation sites (N-methyl/N-ethyl adjacent to an activating group) is 1. The lowest BCUT2D eigenvalue weighted by molar-refractivity contribution is -0.143. The molecule has 1 fully saturated rings. The number of carboxylic acids is 1. The first-order valence-corrected chi connectivity index (χ1v) is 19.7. The van der Waals surface area contributed by atoms with Gasteiger partial charge in [0.25, 0.3) is 5.91 Å². The first-order chi connectivity index (χ1) is 24.9. The Morgan fingerprint density at radius 3 is 2.30 bits per heavy atom. The zero-order valence-corrected chi connectivity index (χ0v) is 34.0. The number of ketones is 1. The second-order valence-corrected chi connectivity index (χ2v) is 16.4. The summed E-state index contributed by atoms with van der Waals surface area (Å²) >= 11 is 1.18. The van der Waals surface area contributed by atoms with Gasteiger partial charge in [0.2, 0.25) is 5.91 Å². The molecule has 3 rings (SSSR count). The van der Waals surface area contributed by atoms with E-state index in [2.05, 4.69) is 20.5 Å². The third-order valence-corrected chi connectivity index (χ3v) is 12.1. The van der Waals surface area contributed by atoms with E-state index in [4.69, 9.17) is 4.74 Å². The highest BCUT2D eigenvalue weighted by Gasteiger charge is 2.44. The summed E-state index contributed by atoms with van der Waals surface area (Å²) in [7, 11) is 5.17. The van der Waals surface area contributed by atoms with Gasteiger partial charge in [-0.3, -0.25) is 24.1 Å². The second-order valence-electron chi connectivity index (χ2n) is 15.5. The van der Waals surface area contributed by atoms with Crippen LogP contribution >= 0.6 is 11.3 Å². The zero-order valence-electron chi connectivity index (χ0n) is 33.2. The molecule has 0 saturated carbocycles. The lowest BCUT2D eigenvalue weighted by atomic mass is 9.80. The van der Waals surface area contributed by atoms with E-state index in [1.54, 1.807) is 24.3 Å². The molecule has 12 nitrogen and oxygen atoms in total. The molecule has 1 aromatic carbocycles. The van der Waals surface area contributed by atoms with Crippen molar-refractivity contribution in [1.82, 2.24) is 25.4 Å². The lowest BCUT2D eigenvalue weighted by Crippen LogP contribution is -2.50. The van der Waals surface area contributed by atoms with Crippen LogP contribution in [0.1, 0.15) is 113 Å². The van der Waals surface area contributed by atoms with E-state index < -0.39 is 47.5 Å². The van der Waals surface area contributed by atoms with E-state index in [0.29, 0.717) is 11.4 Å². The number of nitrogens with zero attached hydrogens (tertiary/aromatic N) is 3. The van der Waals surface area contributed by atoms with Crippen molar-refractivity contribution < 1.29 is 33.8 Å². The van der Waals surface area contributed by atoms with Gasteiger partial charge in [0.15, 0.2) is 11.9 Å². The number of Topliss-reactive ketones (excluding diaryl/α,β-unsaturated/α-hetero) is 1. The van der Waals surface area contributed by atoms with Gasteiger partial charge in [-0.2, -0.15) is 0 Å². The molecule has 0 spiro atoms. The smallest absolute Gasteiger partial charge is 0.407 e. The van der Waals surface area contributed by atoms with Crippen molar-refractivity contribution in [2.45, 2.75) is 117 Å². The Balaban J connectivity index is 1.85. The number of rotatable bonds is 19. The molecule has 1 saturated heterocycles. The molecule has 0 aliphatic carbocycles.